The number of pyridine rings is 1. The van der Waals surface area contributed by atoms with E-state index in [1.54, 1.807) is 0 Å². The van der Waals surface area contributed by atoms with Crippen LogP contribution in [-0.2, 0) is 6.18 Å². The summed E-state index contributed by atoms with van der Waals surface area (Å²) in [5.41, 5.74) is -4.34. The molecule has 0 saturated carbocycles. The Morgan fingerprint density at radius 3 is 1.61 bits per heavy atom. The normalized spacial score (nSPS) is 12.5. The first-order chi connectivity index (χ1) is 15.1. The number of hydrogen-bond acceptors (Lipinski definition) is 3. The Hall–Kier alpha value is -3.51. The van der Waals surface area contributed by atoms with Crippen LogP contribution in [0.15, 0.2) is 54.6 Å². The summed E-state index contributed by atoms with van der Waals surface area (Å²) in [6.45, 7) is 0. The molecule has 0 amide bonds. The van der Waals surface area contributed by atoms with Crippen LogP contribution in [-0.4, -0.2) is 17.7 Å². The Balaban J connectivity index is 2.18. The number of benzene rings is 2. The maximum Gasteiger partial charge on any atom is 0.573 e. The lowest BCUT2D eigenvalue weighted by Gasteiger charge is -2.15. The highest BCUT2D eigenvalue weighted by molar-refractivity contribution is 5.73. The second kappa shape index (κ2) is 8.45. The molecule has 0 spiro atoms. The van der Waals surface area contributed by atoms with Crippen molar-refractivity contribution in [2.75, 3.05) is 0 Å². The minimum Gasteiger partial charge on any atom is -0.406 e. The van der Waals surface area contributed by atoms with Gasteiger partial charge in [0.15, 0.2) is 5.82 Å². The average Bonchev–Trinajstić information content (AvgIpc) is 2.65. The van der Waals surface area contributed by atoms with E-state index >= 15 is 4.39 Å². The summed E-state index contributed by atoms with van der Waals surface area (Å²) in [5.74, 6) is -3.09. The van der Waals surface area contributed by atoms with Gasteiger partial charge in [-0.05, 0) is 35.9 Å². The van der Waals surface area contributed by atoms with Crippen molar-refractivity contribution in [3.8, 4) is 33.9 Å². The maximum atomic E-state index is 15.2. The molecule has 0 N–H and O–H groups in total. The first-order valence-electron chi connectivity index (χ1n) is 8.62. The summed E-state index contributed by atoms with van der Waals surface area (Å²) in [4.78, 5) is 3.17. The van der Waals surface area contributed by atoms with E-state index < -0.39 is 64.3 Å². The molecule has 176 valence electrons. The summed E-state index contributed by atoms with van der Waals surface area (Å²) in [6.07, 6.45) is -15.4. The number of rotatable bonds is 4. The average molecular weight is 485 g/mol. The highest BCUT2D eigenvalue weighted by Crippen LogP contribution is 2.38. The fourth-order valence-electron chi connectivity index (χ4n) is 2.78. The quantitative estimate of drug-likeness (QED) is 0.362. The highest BCUT2D eigenvalue weighted by atomic mass is 19.4. The number of hydrogen-bond donors (Lipinski definition) is 0. The Kier molecular flexibility index (Phi) is 6.18. The van der Waals surface area contributed by atoms with Crippen molar-refractivity contribution in [2.45, 2.75) is 18.9 Å². The van der Waals surface area contributed by atoms with Crippen molar-refractivity contribution in [1.29, 1.82) is 0 Å². The van der Waals surface area contributed by atoms with Gasteiger partial charge >= 0.3 is 18.9 Å². The Bertz CT molecular complexity index is 1070. The van der Waals surface area contributed by atoms with E-state index in [-0.39, 0.29) is 6.07 Å². The molecule has 0 aliphatic carbocycles. The lowest BCUT2D eigenvalue weighted by Crippen LogP contribution is -2.17. The molecule has 2 aromatic carbocycles. The molecule has 3 rings (SSSR count). The van der Waals surface area contributed by atoms with Crippen LogP contribution in [0, 0.1) is 5.82 Å². The van der Waals surface area contributed by atoms with E-state index in [9.17, 15) is 39.5 Å². The number of halogens is 10. The predicted octanol–water partition coefficient (Wildman–Crippen LogP) is 7.37. The van der Waals surface area contributed by atoms with E-state index in [1.807, 2.05) is 0 Å². The summed E-state index contributed by atoms with van der Waals surface area (Å²) in [5, 5.41) is 0. The molecule has 0 bridgehead atoms. The van der Waals surface area contributed by atoms with Gasteiger partial charge in [0.1, 0.15) is 22.9 Å². The van der Waals surface area contributed by atoms with Crippen molar-refractivity contribution in [2.24, 2.45) is 0 Å². The molecule has 0 unspecified atom stereocenters. The highest BCUT2D eigenvalue weighted by Gasteiger charge is 2.36. The van der Waals surface area contributed by atoms with Crippen molar-refractivity contribution in [1.82, 2.24) is 4.98 Å². The maximum absolute atomic E-state index is 15.2. The predicted molar refractivity (Wildman–Crippen MR) is 93.4 cm³/mol. The largest absolute Gasteiger partial charge is 0.573 e. The van der Waals surface area contributed by atoms with Crippen LogP contribution in [0.5, 0.6) is 11.5 Å². The standard InChI is InChI=1S/C20H9F10NO2/c21-16-14(10-3-1-5-12(7-10)32-19(25,26)27)9-15(18(22,23)24)31-17(16)11-4-2-6-13(8-11)33-20(28,29)30/h1-9H. The lowest BCUT2D eigenvalue weighted by molar-refractivity contribution is -0.275. The second-order valence-electron chi connectivity index (χ2n) is 6.37. The summed E-state index contributed by atoms with van der Waals surface area (Å²) < 4.78 is 138. The molecule has 0 aliphatic rings. The molecule has 0 radical (unpaired) electrons. The molecule has 1 heterocycles. The molecular weight excluding hydrogens is 476 g/mol. The molecule has 0 fully saturated rings. The van der Waals surface area contributed by atoms with Crippen LogP contribution in [0.2, 0.25) is 0 Å². The van der Waals surface area contributed by atoms with E-state index in [4.69, 9.17) is 0 Å². The number of nitrogens with zero attached hydrogens (tertiary/aromatic N) is 1. The van der Waals surface area contributed by atoms with Gasteiger partial charge in [0.2, 0.25) is 0 Å². The van der Waals surface area contributed by atoms with Gasteiger partial charge in [-0.2, -0.15) is 13.2 Å². The van der Waals surface area contributed by atoms with Crippen molar-refractivity contribution in [3.63, 3.8) is 0 Å². The molecule has 0 aliphatic heterocycles. The van der Waals surface area contributed by atoms with Gasteiger partial charge in [0.05, 0.1) is 0 Å². The fourth-order valence-corrected chi connectivity index (χ4v) is 2.78. The molecule has 0 saturated heterocycles. The van der Waals surface area contributed by atoms with Crippen LogP contribution in [0.4, 0.5) is 43.9 Å². The zero-order valence-electron chi connectivity index (χ0n) is 15.7. The third-order valence-electron chi connectivity index (χ3n) is 3.97. The van der Waals surface area contributed by atoms with Crippen molar-refractivity contribution < 1.29 is 53.4 Å². The lowest BCUT2D eigenvalue weighted by atomic mass is 10.0. The number of aromatic nitrogens is 1. The molecule has 0 atom stereocenters. The Morgan fingerprint density at radius 2 is 1.12 bits per heavy atom. The van der Waals surface area contributed by atoms with Crippen LogP contribution < -0.4 is 9.47 Å². The third-order valence-corrected chi connectivity index (χ3v) is 3.97. The summed E-state index contributed by atoms with van der Waals surface area (Å²) in [7, 11) is 0. The van der Waals surface area contributed by atoms with Crippen LogP contribution in [0.3, 0.4) is 0 Å². The van der Waals surface area contributed by atoms with Gasteiger partial charge in [0, 0.05) is 11.1 Å². The first kappa shape index (κ1) is 24.1. The Morgan fingerprint density at radius 1 is 0.636 bits per heavy atom. The third kappa shape index (κ3) is 6.26. The van der Waals surface area contributed by atoms with Gasteiger partial charge in [-0.1, -0.05) is 24.3 Å². The smallest absolute Gasteiger partial charge is 0.406 e. The van der Waals surface area contributed by atoms with E-state index in [2.05, 4.69) is 14.5 Å². The fraction of sp³-hybridized carbons (Fsp3) is 0.150. The topological polar surface area (TPSA) is 31.4 Å². The van der Waals surface area contributed by atoms with E-state index in [0.29, 0.717) is 12.1 Å². The monoisotopic (exact) mass is 485 g/mol. The van der Waals surface area contributed by atoms with Gasteiger partial charge in [-0.25, -0.2) is 9.37 Å². The molecule has 3 nitrogen and oxygen atoms in total. The van der Waals surface area contributed by atoms with Gasteiger partial charge in [0.25, 0.3) is 0 Å². The second-order valence-corrected chi connectivity index (χ2v) is 6.37. The van der Waals surface area contributed by atoms with Crippen LogP contribution in [0.25, 0.3) is 22.4 Å². The Labute approximate surface area is 178 Å². The molecule has 13 heteroatoms. The summed E-state index contributed by atoms with van der Waals surface area (Å²) >= 11 is 0. The zero-order chi connectivity index (χ0) is 24.6. The molecule has 33 heavy (non-hydrogen) atoms. The SMILES string of the molecule is Fc1c(-c2cccc(OC(F)(F)F)c2)cc(C(F)(F)F)nc1-c1cccc(OC(F)(F)F)c1. The molecule has 1 aromatic heterocycles. The molecule has 3 aromatic rings. The number of alkyl halides is 9. The van der Waals surface area contributed by atoms with Crippen molar-refractivity contribution in [3.05, 3.63) is 66.1 Å². The first-order valence-corrected chi connectivity index (χ1v) is 8.62. The number of ether oxygens (including phenoxy) is 2. The van der Waals surface area contributed by atoms with Crippen LogP contribution >= 0.6 is 0 Å². The minimum atomic E-state index is -5.12. The minimum absolute atomic E-state index is 0.265. The van der Waals surface area contributed by atoms with E-state index in [0.717, 1.165) is 36.4 Å². The van der Waals surface area contributed by atoms with Gasteiger partial charge < -0.3 is 9.47 Å². The summed E-state index contributed by atoms with van der Waals surface area (Å²) in [6, 6.07) is 7.18. The van der Waals surface area contributed by atoms with E-state index in [1.165, 1.54) is 0 Å². The van der Waals surface area contributed by atoms with Gasteiger partial charge in [-0.15, -0.1) is 26.3 Å². The van der Waals surface area contributed by atoms with Gasteiger partial charge in [-0.3, -0.25) is 0 Å². The van der Waals surface area contributed by atoms with Crippen molar-refractivity contribution >= 4 is 0 Å². The van der Waals surface area contributed by atoms with Crippen LogP contribution in [0.1, 0.15) is 5.69 Å². The zero-order valence-corrected chi connectivity index (χ0v) is 15.7. The molecular formula is C20H9F10NO2.